The van der Waals surface area contributed by atoms with Crippen molar-refractivity contribution < 1.29 is 0 Å². The fraction of sp³-hybridized carbons (Fsp3) is 0.462. The van der Waals surface area contributed by atoms with Crippen LogP contribution in [0.3, 0.4) is 0 Å². The second-order valence-electron chi connectivity index (χ2n) is 4.72. The Bertz CT molecular complexity index is 573. The Morgan fingerprint density at radius 2 is 2.06 bits per heavy atom. The van der Waals surface area contributed by atoms with Gasteiger partial charge >= 0.3 is 0 Å². The first-order chi connectivity index (χ1) is 7.77. The van der Waals surface area contributed by atoms with Crippen molar-refractivity contribution in [3.05, 3.63) is 34.1 Å². The third kappa shape index (κ3) is 1.31. The molecule has 0 atom stereocenters. The van der Waals surface area contributed by atoms with Gasteiger partial charge in [-0.25, -0.2) is 4.68 Å². The molecule has 0 unspecified atom stereocenters. The zero-order valence-electron chi connectivity index (χ0n) is 9.49. The van der Waals surface area contributed by atoms with Crippen molar-refractivity contribution in [1.82, 2.24) is 9.78 Å². The van der Waals surface area contributed by atoms with Gasteiger partial charge in [0, 0.05) is 0 Å². The maximum absolute atomic E-state index is 12.2. The molecule has 0 spiro atoms. The summed E-state index contributed by atoms with van der Waals surface area (Å²) in [7, 11) is 0. The molecule has 0 saturated heterocycles. The van der Waals surface area contributed by atoms with E-state index in [0.29, 0.717) is 6.04 Å². The lowest BCUT2D eigenvalue weighted by Crippen LogP contribution is -2.20. The maximum atomic E-state index is 12.2. The molecule has 3 nitrogen and oxygen atoms in total. The maximum Gasteiger partial charge on any atom is 0.274 e. The number of nitrogens with one attached hydrogen (secondary N) is 1. The zero-order valence-corrected chi connectivity index (χ0v) is 9.49. The summed E-state index contributed by atoms with van der Waals surface area (Å²) in [6, 6.07) is 6.29. The number of hydrogen-bond donors (Lipinski definition) is 1. The number of fused-ring (bicyclic) bond motifs is 1. The van der Waals surface area contributed by atoms with E-state index < -0.39 is 0 Å². The van der Waals surface area contributed by atoms with Gasteiger partial charge in [-0.05, 0) is 31.4 Å². The molecule has 0 bridgehead atoms. The summed E-state index contributed by atoms with van der Waals surface area (Å²) >= 11 is 0. The standard InChI is InChI=1S/C13H16N2O/c1-9-5-4-8-11-12(9)14-15(13(11)16)10-6-2-3-7-10/h4-5,8,10,14H,2-3,6-7H2,1H3. The fourth-order valence-corrected chi connectivity index (χ4v) is 2.71. The number of benzene rings is 1. The highest BCUT2D eigenvalue weighted by Gasteiger charge is 2.20. The predicted octanol–water partition coefficient (Wildman–Crippen LogP) is 2.75. The molecule has 1 saturated carbocycles. The SMILES string of the molecule is Cc1cccc2c(=O)n(C3CCCC3)[nH]c12. The number of hydrogen-bond acceptors (Lipinski definition) is 1. The molecule has 84 valence electrons. The van der Waals surface area contributed by atoms with E-state index in [-0.39, 0.29) is 5.56 Å². The first-order valence-corrected chi connectivity index (χ1v) is 5.97. The van der Waals surface area contributed by atoms with Gasteiger partial charge < -0.3 is 0 Å². The van der Waals surface area contributed by atoms with E-state index in [2.05, 4.69) is 5.10 Å². The van der Waals surface area contributed by atoms with Crippen molar-refractivity contribution in [2.24, 2.45) is 0 Å². The van der Waals surface area contributed by atoms with Gasteiger partial charge in [0.05, 0.1) is 16.9 Å². The summed E-state index contributed by atoms with van der Waals surface area (Å²) in [6.07, 6.45) is 4.74. The first kappa shape index (κ1) is 9.70. The van der Waals surface area contributed by atoms with Crippen LogP contribution in [0, 0.1) is 6.92 Å². The van der Waals surface area contributed by atoms with Gasteiger partial charge in [-0.1, -0.05) is 25.0 Å². The van der Waals surface area contributed by atoms with Crippen LogP contribution in [0.2, 0.25) is 0 Å². The molecule has 1 heterocycles. The Hall–Kier alpha value is -1.51. The van der Waals surface area contributed by atoms with Crippen LogP contribution in [0.25, 0.3) is 10.9 Å². The summed E-state index contributed by atoms with van der Waals surface area (Å²) < 4.78 is 1.84. The minimum atomic E-state index is 0.144. The van der Waals surface area contributed by atoms with Crippen LogP contribution < -0.4 is 5.56 Å². The molecule has 1 aromatic carbocycles. The van der Waals surface area contributed by atoms with Crippen molar-refractivity contribution in [1.29, 1.82) is 0 Å². The van der Waals surface area contributed by atoms with E-state index in [1.807, 2.05) is 29.8 Å². The van der Waals surface area contributed by atoms with Gasteiger partial charge in [0.2, 0.25) is 0 Å². The zero-order chi connectivity index (χ0) is 11.1. The lowest BCUT2D eigenvalue weighted by molar-refractivity contribution is 0.458. The Morgan fingerprint density at radius 1 is 1.31 bits per heavy atom. The Kier molecular flexibility index (Phi) is 2.13. The van der Waals surface area contributed by atoms with Crippen LogP contribution in [0.1, 0.15) is 37.3 Å². The molecule has 1 aliphatic carbocycles. The molecule has 16 heavy (non-hydrogen) atoms. The highest BCUT2D eigenvalue weighted by Crippen LogP contribution is 2.28. The fourth-order valence-electron chi connectivity index (χ4n) is 2.71. The van der Waals surface area contributed by atoms with Gasteiger partial charge in [-0.2, -0.15) is 0 Å². The van der Waals surface area contributed by atoms with E-state index in [4.69, 9.17) is 0 Å². The van der Waals surface area contributed by atoms with Crippen LogP contribution in [0.5, 0.6) is 0 Å². The molecular formula is C13H16N2O. The largest absolute Gasteiger partial charge is 0.294 e. The van der Waals surface area contributed by atoms with E-state index in [1.54, 1.807) is 0 Å². The molecule has 1 aromatic heterocycles. The normalized spacial score (nSPS) is 17.3. The van der Waals surface area contributed by atoms with E-state index in [9.17, 15) is 4.79 Å². The molecule has 3 rings (SSSR count). The second kappa shape index (κ2) is 3.51. The van der Waals surface area contributed by atoms with Crippen LogP contribution in [-0.4, -0.2) is 9.78 Å². The summed E-state index contributed by atoms with van der Waals surface area (Å²) in [5.41, 5.74) is 2.29. The van der Waals surface area contributed by atoms with E-state index in [1.165, 1.54) is 12.8 Å². The second-order valence-corrected chi connectivity index (χ2v) is 4.72. The smallest absolute Gasteiger partial charge is 0.274 e. The Morgan fingerprint density at radius 3 is 2.75 bits per heavy atom. The molecule has 1 fully saturated rings. The lowest BCUT2D eigenvalue weighted by atomic mass is 10.2. The number of H-pyrrole nitrogens is 1. The monoisotopic (exact) mass is 216 g/mol. The average molecular weight is 216 g/mol. The number of aryl methyl sites for hydroxylation is 1. The third-order valence-corrected chi connectivity index (χ3v) is 3.64. The highest BCUT2D eigenvalue weighted by atomic mass is 16.1. The van der Waals surface area contributed by atoms with Crippen LogP contribution in [0.4, 0.5) is 0 Å². The van der Waals surface area contributed by atoms with E-state index in [0.717, 1.165) is 29.3 Å². The predicted molar refractivity (Wildman–Crippen MR) is 64.8 cm³/mol. The number of para-hydroxylation sites is 1. The van der Waals surface area contributed by atoms with Gasteiger partial charge in [0.1, 0.15) is 0 Å². The Balaban J connectivity index is 2.23. The van der Waals surface area contributed by atoms with Crippen molar-refractivity contribution >= 4 is 10.9 Å². The number of rotatable bonds is 1. The first-order valence-electron chi connectivity index (χ1n) is 5.97. The van der Waals surface area contributed by atoms with Crippen molar-refractivity contribution in [3.63, 3.8) is 0 Å². The average Bonchev–Trinajstić information content (AvgIpc) is 2.88. The van der Waals surface area contributed by atoms with Crippen LogP contribution in [0.15, 0.2) is 23.0 Å². The third-order valence-electron chi connectivity index (χ3n) is 3.64. The molecule has 0 aliphatic heterocycles. The number of nitrogens with zero attached hydrogens (tertiary/aromatic N) is 1. The molecule has 2 aromatic rings. The topological polar surface area (TPSA) is 37.8 Å². The highest BCUT2D eigenvalue weighted by molar-refractivity contribution is 5.80. The minimum absolute atomic E-state index is 0.144. The van der Waals surface area contributed by atoms with Crippen LogP contribution in [-0.2, 0) is 0 Å². The summed E-state index contributed by atoms with van der Waals surface area (Å²) in [6.45, 7) is 2.04. The number of aromatic amines is 1. The van der Waals surface area contributed by atoms with Crippen molar-refractivity contribution in [2.75, 3.05) is 0 Å². The van der Waals surface area contributed by atoms with E-state index >= 15 is 0 Å². The van der Waals surface area contributed by atoms with Gasteiger partial charge in [-0.15, -0.1) is 0 Å². The number of aromatic nitrogens is 2. The molecule has 0 amide bonds. The molecule has 0 radical (unpaired) electrons. The van der Waals surface area contributed by atoms with Gasteiger partial charge in [-0.3, -0.25) is 9.89 Å². The minimum Gasteiger partial charge on any atom is -0.294 e. The van der Waals surface area contributed by atoms with Crippen molar-refractivity contribution in [3.8, 4) is 0 Å². The van der Waals surface area contributed by atoms with Crippen molar-refractivity contribution in [2.45, 2.75) is 38.6 Å². The van der Waals surface area contributed by atoms with Crippen LogP contribution >= 0.6 is 0 Å². The van der Waals surface area contributed by atoms with Gasteiger partial charge in [0.25, 0.3) is 5.56 Å². The van der Waals surface area contributed by atoms with Gasteiger partial charge in [0.15, 0.2) is 0 Å². The summed E-state index contributed by atoms with van der Waals surface area (Å²) in [4.78, 5) is 12.2. The molecular weight excluding hydrogens is 200 g/mol. The summed E-state index contributed by atoms with van der Waals surface area (Å²) in [5, 5.41) is 4.10. The molecule has 1 N–H and O–H groups in total. The quantitative estimate of drug-likeness (QED) is 0.782. The summed E-state index contributed by atoms with van der Waals surface area (Å²) in [5.74, 6) is 0. The lowest BCUT2D eigenvalue weighted by Gasteiger charge is -2.08. The molecule has 3 heteroatoms. The Labute approximate surface area is 94.1 Å². The molecule has 1 aliphatic rings.